The zero-order valence-corrected chi connectivity index (χ0v) is 18.1. The van der Waals surface area contributed by atoms with Crippen molar-refractivity contribution in [3.05, 3.63) is 58.6 Å². The number of carbonyl (C=O) groups excluding carboxylic acids is 2. The molecule has 156 valence electrons. The lowest BCUT2D eigenvalue weighted by molar-refractivity contribution is -0.133. The van der Waals surface area contributed by atoms with E-state index in [9.17, 15) is 9.59 Å². The van der Waals surface area contributed by atoms with E-state index in [1.54, 1.807) is 42.3 Å². The summed E-state index contributed by atoms with van der Waals surface area (Å²) in [6.45, 7) is 4.21. The van der Waals surface area contributed by atoms with Gasteiger partial charge in [0.05, 0.1) is 14.2 Å². The minimum Gasteiger partial charge on any atom is -0.497 e. The molecule has 1 N–H and O–H groups in total. The zero-order chi connectivity index (χ0) is 21.6. The number of nitrogens with one attached hydrogen (secondary N) is 1. The molecular weight excluding hydrogens is 392 g/mol. The van der Waals surface area contributed by atoms with Gasteiger partial charge >= 0.3 is 0 Å². The summed E-state index contributed by atoms with van der Waals surface area (Å²) in [5.74, 6) is 0.377. The summed E-state index contributed by atoms with van der Waals surface area (Å²) in [7, 11) is 4.75. The van der Waals surface area contributed by atoms with Crippen molar-refractivity contribution in [1.29, 1.82) is 0 Å². The Kier molecular flexibility index (Phi) is 7.91. The summed E-state index contributed by atoms with van der Waals surface area (Å²) in [5, 5.41) is 3.49. The molecule has 6 nitrogen and oxygen atoms in total. The number of ether oxygens (including phenoxy) is 2. The van der Waals surface area contributed by atoms with Crippen molar-refractivity contribution in [2.45, 2.75) is 26.4 Å². The van der Waals surface area contributed by atoms with E-state index in [1.807, 2.05) is 26.0 Å². The first-order chi connectivity index (χ1) is 13.7. The number of benzene rings is 2. The molecule has 29 heavy (non-hydrogen) atoms. The van der Waals surface area contributed by atoms with Gasteiger partial charge in [-0.05, 0) is 35.7 Å². The molecule has 0 saturated carbocycles. The van der Waals surface area contributed by atoms with E-state index in [2.05, 4.69) is 5.32 Å². The average molecular weight is 419 g/mol. The van der Waals surface area contributed by atoms with Crippen LogP contribution in [-0.2, 0) is 11.3 Å². The van der Waals surface area contributed by atoms with Gasteiger partial charge < -0.3 is 19.7 Å². The third-order valence-corrected chi connectivity index (χ3v) is 4.79. The van der Waals surface area contributed by atoms with Gasteiger partial charge in [-0.15, -0.1) is 0 Å². The number of methoxy groups -OCH3 is 2. The normalized spacial score (nSPS) is 11.7. The predicted octanol–water partition coefficient (Wildman–Crippen LogP) is 3.77. The molecular formula is C22H27ClN2O4. The number of rotatable bonds is 8. The summed E-state index contributed by atoms with van der Waals surface area (Å²) in [5.41, 5.74) is 1.32. The van der Waals surface area contributed by atoms with Crippen molar-refractivity contribution in [2.24, 2.45) is 5.92 Å². The molecule has 0 aliphatic rings. The molecule has 1 unspecified atom stereocenters. The minimum absolute atomic E-state index is 0.0911. The lowest BCUT2D eigenvalue weighted by atomic mass is 10.0. The van der Waals surface area contributed by atoms with Gasteiger partial charge in [-0.3, -0.25) is 9.59 Å². The molecule has 0 bridgehead atoms. The molecule has 0 aliphatic carbocycles. The van der Waals surface area contributed by atoms with Crippen LogP contribution in [0.3, 0.4) is 0 Å². The van der Waals surface area contributed by atoms with Crippen LogP contribution in [0.4, 0.5) is 0 Å². The number of likely N-dealkylation sites (N-methyl/N-ethyl adjacent to an activating group) is 1. The Morgan fingerprint density at radius 2 is 1.59 bits per heavy atom. The van der Waals surface area contributed by atoms with E-state index in [1.165, 1.54) is 14.2 Å². The second-order valence-corrected chi connectivity index (χ2v) is 7.55. The third-order valence-electron chi connectivity index (χ3n) is 4.54. The van der Waals surface area contributed by atoms with Crippen LogP contribution in [0.25, 0.3) is 0 Å². The van der Waals surface area contributed by atoms with Gasteiger partial charge in [0.1, 0.15) is 17.5 Å². The van der Waals surface area contributed by atoms with Gasteiger partial charge in [-0.2, -0.15) is 0 Å². The lowest BCUT2D eigenvalue weighted by Gasteiger charge is -2.27. The van der Waals surface area contributed by atoms with E-state index in [0.29, 0.717) is 28.6 Å². The molecule has 2 aromatic carbocycles. The highest BCUT2D eigenvalue weighted by atomic mass is 35.5. The Morgan fingerprint density at radius 3 is 2.07 bits per heavy atom. The number of hydrogen-bond donors (Lipinski definition) is 1. The smallest absolute Gasteiger partial charge is 0.252 e. The summed E-state index contributed by atoms with van der Waals surface area (Å²) in [6, 6.07) is 11.5. The number of halogens is 1. The first-order valence-electron chi connectivity index (χ1n) is 9.28. The summed E-state index contributed by atoms with van der Waals surface area (Å²) >= 11 is 5.92. The Morgan fingerprint density at radius 1 is 1.03 bits per heavy atom. The van der Waals surface area contributed by atoms with Gasteiger partial charge in [0.25, 0.3) is 5.91 Å². The van der Waals surface area contributed by atoms with Crippen molar-refractivity contribution in [3.8, 4) is 11.5 Å². The number of amides is 2. The quantitative estimate of drug-likeness (QED) is 0.708. The van der Waals surface area contributed by atoms with E-state index >= 15 is 0 Å². The van der Waals surface area contributed by atoms with Crippen LogP contribution in [0.15, 0.2) is 42.5 Å². The monoisotopic (exact) mass is 418 g/mol. The molecule has 0 radical (unpaired) electrons. The van der Waals surface area contributed by atoms with Gasteiger partial charge in [-0.1, -0.05) is 37.6 Å². The van der Waals surface area contributed by atoms with Crippen LogP contribution in [0.1, 0.15) is 29.8 Å². The van der Waals surface area contributed by atoms with Crippen molar-refractivity contribution in [2.75, 3.05) is 21.3 Å². The van der Waals surface area contributed by atoms with Crippen molar-refractivity contribution in [3.63, 3.8) is 0 Å². The Bertz CT molecular complexity index is 830. The molecule has 0 heterocycles. The van der Waals surface area contributed by atoms with Crippen LogP contribution in [0, 0.1) is 5.92 Å². The maximum atomic E-state index is 13.0. The van der Waals surface area contributed by atoms with Crippen molar-refractivity contribution in [1.82, 2.24) is 10.2 Å². The van der Waals surface area contributed by atoms with Crippen LogP contribution in [0.2, 0.25) is 5.02 Å². The maximum Gasteiger partial charge on any atom is 0.252 e. The highest BCUT2D eigenvalue weighted by Crippen LogP contribution is 2.23. The zero-order valence-electron chi connectivity index (χ0n) is 17.4. The van der Waals surface area contributed by atoms with Gasteiger partial charge in [0, 0.05) is 30.2 Å². The molecule has 2 aromatic rings. The van der Waals surface area contributed by atoms with Crippen LogP contribution in [0.5, 0.6) is 11.5 Å². The fourth-order valence-electron chi connectivity index (χ4n) is 2.86. The summed E-state index contributed by atoms with van der Waals surface area (Å²) < 4.78 is 10.4. The second-order valence-electron chi connectivity index (χ2n) is 7.12. The number of hydrogen-bond acceptors (Lipinski definition) is 4. The molecule has 0 aromatic heterocycles. The van der Waals surface area contributed by atoms with E-state index in [4.69, 9.17) is 21.1 Å². The molecule has 0 spiro atoms. The summed E-state index contributed by atoms with van der Waals surface area (Å²) in [6.07, 6.45) is 0. The van der Waals surface area contributed by atoms with Crippen LogP contribution < -0.4 is 14.8 Å². The van der Waals surface area contributed by atoms with Gasteiger partial charge in [0.2, 0.25) is 5.91 Å². The van der Waals surface area contributed by atoms with Gasteiger partial charge in [0.15, 0.2) is 0 Å². The average Bonchev–Trinajstić information content (AvgIpc) is 2.72. The molecule has 1 atom stereocenters. The van der Waals surface area contributed by atoms with Crippen molar-refractivity contribution >= 4 is 23.4 Å². The first kappa shape index (κ1) is 22.6. The number of carbonyl (C=O) groups is 2. The molecule has 2 amide bonds. The highest BCUT2D eigenvalue weighted by molar-refractivity contribution is 6.30. The third kappa shape index (κ3) is 6.12. The first-order valence-corrected chi connectivity index (χ1v) is 9.66. The van der Waals surface area contributed by atoms with E-state index < -0.39 is 6.04 Å². The standard InChI is InChI=1S/C22H27ClN2O4/c1-14(2)20(22(27)25(3)13-15-6-8-17(23)9-7-15)24-21(26)16-10-18(28-4)12-19(11-16)29-5/h6-12,14,20H,13H2,1-5H3,(H,24,26). The minimum atomic E-state index is -0.669. The second kappa shape index (κ2) is 10.2. The fourth-order valence-corrected chi connectivity index (χ4v) is 2.98. The SMILES string of the molecule is COc1cc(OC)cc(C(=O)NC(C(=O)N(C)Cc2ccc(Cl)cc2)C(C)C)c1. The molecule has 2 rings (SSSR count). The molecule has 7 heteroatoms. The Balaban J connectivity index is 2.15. The summed E-state index contributed by atoms with van der Waals surface area (Å²) in [4.78, 5) is 27.4. The largest absolute Gasteiger partial charge is 0.497 e. The fraction of sp³-hybridized carbons (Fsp3) is 0.364. The topological polar surface area (TPSA) is 67.9 Å². The molecule has 0 aliphatic heterocycles. The van der Waals surface area contributed by atoms with Crippen molar-refractivity contribution < 1.29 is 19.1 Å². The van der Waals surface area contributed by atoms with Crippen LogP contribution in [-0.4, -0.2) is 44.0 Å². The molecule has 0 fully saturated rings. The van der Waals surface area contributed by atoms with Gasteiger partial charge in [-0.25, -0.2) is 0 Å². The number of nitrogens with zero attached hydrogens (tertiary/aromatic N) is 1. The van der Waals surface area contributed by atoms with E-state index in [-0.39, 0.29) is 17.7 Å². The molecule has 0 saturated heterocycles. The Hall–Kier alpha value is -2.73. The maximum absolute atomic E-state index is 13.0. The highest BCUT2D eigenvalue weighted by Gasteiger charge is 2.27. The van der Waals surface area contributed by atoms with Crippen LogP contribution >= 0.6 is 11.6 Å². The Labute approximate surface area is 176 Å². The lowest BCUT2D eigenvalue weighted by Crippen LogP contribution is -2.50. The van der Waals surface area contributed by atoms with E-state index in [0.717, 1.165) is 5.56 Å². The predicted molar refractivity (Wildman–Crippen MR) is 114 cm³/mol.